The molecule has 0 aliphatic carbocycles. The van der Waals surface area contributed by atoms with E-state index in [1.807, 2.05) is 73.3 Å². The van der Waals surface area contributed by atoms with E-state index >= 15 is 0 Å². The predicted molar refractivity (Wildman–Crippen MR) is 133 cm³/mol. The quantitative estimate of drug-likeness (QED) is 0.301. The van der Waals surface area contributed by atoms with Crippen LogP contribution < -0.4 is 4.74 Å². The molecule has 168 valence electrons. The zero-order valence-electron chi connectivity index (χ0n) is 18.5. The second kappa shape index (κ2) is 11.9. The highest BCUT2D eigenvalue weighted by molar-refractivity contribution is 6.30. The van der Waals surface area contributed by atoms with Crippen LogP contribution in [0.25, 0.3) is 0 Å². The molecule has 0 spiro atoms. The van der Waals surface area contributed by atoms with Crippen molar-refractivity contribution in [3.63, 3.8) is 0 Å². The molecule has 0 bridgehead atoms. The zero-order chi connectivity index (χ0) is 22.9. The van der Waals surface area contributed by atoms with E-state index < -0.39 is 0 Å². The van der Waals surface area contributed by atoms with E-state index in [4.69, 9.17) is 27.9 Å². The number of amides is 1. The molecular weight excluding hydrogens is 441 g/mol. The highest BCUT2D eigenvalue weighted by Crippen LogP contribution is 2.30. The van der Waals surface area contributed by atoms with Gasteiger partial charge in [0, 0.05) is 24.0 Å². The van der Waals surface area contributed by atoms with Crippen molar-refractivity contribution in [3.05, 3.63) is 101 Å². The summed E-state index contributed by atoms with van der Waals surface area (Å²) >= 11 is 11.9. The number of benzene rings is 3. The molecule has 5 heteroatoms. The first-order chi connectivity index (χ1) is 15.5. The lowest BCUT2D eigenvalue weighted by atomic mass is 9.88. The van der Waals surface area contributed by atoms with Crippen LogP contribution in [0.4, 0.5) is 0 Å². The van der Waals surface area contributed by atoms with Crippen LogP contribution in [0.15, 0.2) is 78.9 Å². The number of carbonyl (C=O) groups excluding carboxylic acids is 1. The maximum atomic E-state index is 12.6. The SMILES string of the molecule is CC(C)Oc1ccc([C@H](CCN(Cc2ccc(Cl)cc2)C(=O)CCl)c2ccccc2)cc1. The molecule has 3 aromatic rings. The summed E-state index contributed by atoms with van der Waals surface area (Å²) in [6.07, 6.45) is 0.915. The summed E-state index contributed by atoms with van der Waals surface area (Å²) in [4.78, 5) is 14.4. The van der Waals surface area contributed by atoms with Gasteiger partial charge >= 0.3 is 0 Å². The first kappa shape index (κ1) is 24.2. The Labute approximate surface area is 200 Å². The lowest BCUT2D eigenvalue weighted by molar-refractivity contribution is -0.129. The third-order valence-corrected chi connectivity index (χ3v) is 5.78. The standard InChI is InChI=1S/C27H29Cl2NO2/c1-20(2)32-25-14-10-23(11-15-25)26(22-6-4-3-5-7-22)16-17-30(27(31)18-28)19-21-8-12-24(29)13-9-21/h3-15,20,26H,16-19H2,1-2H3/t26-/m1/s1. The van der Waals surface area contributed by atoms with E-state index in [0.29, 0.717) is 18.1 Å². The summed E-state index contributed by atoms with van der Waals surface area (Å²) in [5, 5.41) is 0.679. The fourth-order valence-corrected chi connectivity index (χ4v) is 4.03. The minimum Gasteiger partial charge on any atom is -0.491 e. The van der Waals surface area contributed by atoms with Crippen LogP contribution in [0.1, 0.15) is 42.9 Å². The second-order valence-corrected chi connectivity index (χ2v) is 8.77. The minimum atomic E-state index is -0.0749. The number of nitrogens with zero attached hydrogens (tertiary/aromatic N) is 1. The van der Waals surface area contributed by atoms with Crippen molar-refractivity contribution in [2.24, 2.45) is 0 Å². The minimum absolute atomic E-state index is 0.0369. The van der Waals surface area contributed by atoms with Crippen molar-refractivity contribution in [3.8, 4) is 5.75 Å². The summed E-state index contributed by atoms with van der Waals surface area (Å²) < 4.78 is 5.80. The van der Waals surface area contributed by atoms with Crippen LogP contribution >= 0.6 is 23.2 Å². The number of hydrogen-bond acceptors (Lipinski definition) is 2. The maximum Gasteiger partial charge on any atom is 0.237 e. The Bertz CT molecular complexity index is 973. The topological polar surface area (TPSA) is 29.5 Å². The summed E-state index contributed by atoms with van der Waals surface area (Å²) in [6.45, 7) is 5.14. The van der Waals surface area contributed by atoms with E-state index in [9.17, 15) is 4.79 Å². The fraction of sp³-hybridized carbons (Fsp3) is 0.296. The van der Waals surface area contributed by atoms with Crippen LogP contribution in [-0.4, -0.2) is 29.3 Å². The van der Waals surface area contributed by atoms with Gasteiger partial charge in [0.1, 0.15) is 11.6 Å². The van der Waals surface area contributed by atoms with Crippen molar-refractivity contribution < 1.29 is 9.53 Å². The molecule has 0 aliphatic heterocycles. The fourth-order valence-electron chi connectivity index (χ4n) is 3.73. The normalized spacial score (nSPS) is 11.9. The van der Waals surface area contributed by atoms with Gasteiger partial charge in [-0.2, -0.15) is 0 Å². The maximum absolute atomic E-state index is 12.6. The largest absolute Gasteiger partial charge is 0.491 e. The van der Waals surface area contributed by atoms with Gasteiger partial charge in [0.05, 0.1) is 6.10 Å². The molecule has 0 radical (unpaired) electrons. The Kier molecular flexibility index (Phi) is 9.01. The van der Waals surface area contributed by atoms with Gasteiger partial charge in [0.15, 0.2) is 0 Å². The van der Waals surface area contributed by atoms with Crippen molar-refractivity contribution >= 4 is 29.1 Å². The van der Waals surface area contributed by atoms with Crippen LogP contribution in [0.3, 0.4) is 0 Å². The Morgan fingerprint density at radius 2 is 1.53 bits per heavy atom. The summed E-state index contributed by atoms with van der Waals surface area (Å²) in [6, 6.07) is 26.2. The molecule has 0 fully saturated rings. The van der Waals surface area contributed by atoms with E-state index in [-0.39, 0.29) is 23.8 Å². The van der Waals surface area contributed by atoms with E-state index in [1.54, 1.807) is 0 Å². The molecule has 3 nitrogen and oxygen atoms in total. The third kappa shape index (κ3) is 7.01. The number of ether oxygens (including phenoxy) is 1. The third-order valence-electron chi connectivity index (χ3n) is 5.30. The first-order valence-corrected chi connectivity index (χ1v) is 11.8. The molecule has 0 N–H and O–H groups in total. The summed E-state index contributed by atoms with van der Waals surface area (Å²) in [7, 11) is 0. The molecule has 0 saturated heterocycles. The van der Waals surface area contributed by atoms with Crippen LogP contribution in [0.5, 0.6) is 5.75 Å². The van der Waals surface area contributed by atoms with Gasteiger partial charge in [-0.25, -0.2) is 0 Å². The molecule has 0 aliphatic rings. The molecule has 1 amide bonds. The molecule has 3 aromatic carbocycles. The highest BCUT2D eigenvalue weighted by Gasteiger charge is 2.19. The van der Waals surface area contributed by atoms with Gasteiger partial charge in [0.25, 0.3) is 0 Å². The Morgan fingerprint density at radius 1 is 0.906 bits per heavy atom. The van der Waals surface area contributed by atoms with Crippen molar-refractivity contribution in [2.45, 2.75) is 38.8 Å². The summed E-state index contributed by atoms with van der Waals surface area (Å²) in [5.41, 5.74) is 3.44. The van der Waals surface area contributed by atoms with Crippen molar-refractivity contribution in [1.82, 2.24) is 4.90 Å². The van der Waals surface area contributed by atoms with E-state index in [1.165, 1.54) is 11.1 Å². The van der Waals surface area contributed by atoms with E-state index in [0.717, 1.165) is 17.7 Å². The average molecular weight is 470 g/mol. The monoisotopic (exact) mass is 469 g/mol. The van der Waals surface area contributed by atoms with Crippen molar-refractivity contribution in [1.29, 1.82) is 0 Å². The number of carbonyl (C=O) groups is 1. The molecule has 1 atom stereocenters. The molecule has 32 heavy (non-hydrogen) atoms. The first-order valence-electron chi connectivity index (χ1n) is 10.9. The number of rotatable bonds is 10. The summed E-state index contributed by atoms with van der Waals surface area (Å²) in [5.74, 6) is 0.900. The van der Waals surface area contributed by atoms with Gasteiger partial charge in [-0.15, -0.1) is 11.6 Å². The van der Waals surface area contributed by atoms with Gasteiger partial charge < -0.3 is 9.64 Å². The Balaban J connectivity index is 1.80. The number of hydrogen-bond donors (Lipinski definition) is 0. The lowest BCUT2D eigenvalue weighted by Crippen LogP contribution is -2.33. The number of alkyl halides is 1. The Morgan fingerprint density at radius 3 is 2.12 bits per heavy atom. The molecule has 0 saturated carbocycles. The highest BCUT2D eigenvalue weighted by atomic mass is 35.5. The van der Waals surface area contributed by atoms with Gasteiger partial charge in [0.2, 0.25) is 5.91 Å². The molecule has 0 aromatic heterocycles. The Hall–Kier alpha value is -2.49. The van der Waals surface area contributed by atoms with E-state index in [2.05, 4.69) is 24.3 Å². The molecular formula is C27H29Cl2NO2. The van der Waals surface area contributed by atoms with Gasteiger partial charge in [-0.3, -0.25) is 4.79 Å². The smallest absolute Gasteiger partial charge is 0.237 e. The van der Waals surface area contributed by atoms with Gasteiger partial charge in [-0.05, 0) is 61.2 Å². The predicted octanol–water partition coefficient (Wildman–Crippen LogP) is 6.92. The number of halogens is 2. The zero-order valence-corrected chi connectivity index (χ0v) is 20.0. The van der Waals surface area contributed by atoms with Crippen LogP contribution in [0, 0.1) is 0 Å². The molecule has 0 unspecified atom stereocenters. The second-order valence-electron chi connectivity index (χ2n) is 8.06. The lowest BCUT2D eigenvalue weighted by Gasteiger charge is -2.26. The molecule has 3 rings (SSSR count). The van der Waals surface area contributed by atoms with Gasteiger partial charge in [-0.1, -0.05) is 66.2 Å². The molecule has 0 heterocycles. The van der Waals surface area contributed by atoms with Crippen LogP contribution in [0.2, 0.25) is 5.02 Å². The average Bonchev–Trinajstić information content (AvgIpc) is 2.80. The van der Waals surface area contributed by atoms with Crippen LogP contribution in [-0.2, 0) is 11.3 Å². The van der Waals surface area contributed by atoms with Crippen molar-refractivity contribution in [2.75, 3.05) is 12.4 Å².